The van der Waals surface area contributed by atoms with Crippen molar-refractivity contribution >= 4 is 11.4 Å². The van der Waals surface area contributed by atoms with Gasteiger partial charge in [0.2, 0.25) is 0 Å². The van der Waals surface area contributed by atoms with Gasteiger partial charge in [-0.3, -0.25) is 4.84 Å². The average Bonchev–Trinajstić information content (AvgIpc) is 2.92. The van der Waals surface area contributed by atoms with Gasteiger partial charge in [0.1, 0.15) is 0 Å². The minimum Gasteiger partial charge on any atom is -0.374 e. The van der Waals surface area contributed by atoms with E-state index in [4.69, 9.17) is 4.84 Å². The number of hydrazine groups is 2. The summed E-state index contributed by atoms with van der Waals surface area (Å²) >= 11 is 0. The zero-order valence-corrected chi connectivity index (χ0v) is 14.8. The molecule has 1 atom stereocenters. The monoisotopic (exact) mass is 328 g/mol. The Morgan fingerprint density at radius 2 is 2.00 bits per heavy atom. The van der Waals surface area contributed by atoms with Gasteiger partial charge in [0.15, 0.2) is 5.72 Å². The molecule has 1 saturated heterocycles. The van der Waals surface area contributed by atoms with Crippen molar-refractivity contribution in [3.63, 3.8) is 0 Å². The van der Waals surface area contributed by atoms with Crippen LogP contribution in [-0.2, 0) is 11.3 Å². The summed E-state index contributed by atoms with van der Waals surface area (Å²) in [6, 6.07) is 6.81. The van der Waals surface area contributed by atoms with Crippen molar-refractivity contribution in [1.82, 2.24) is 10.6 Å². The number of rotatable bonds is 1. The van der Waals surface area contributed by atoms with Gasteiger partial charge in [0.05, 0.1) is 5.69 Å². The highest BCUT2D eigenvalue weighted by molar-refractivity contribution is 5.62. The summed E-state index contributed by atoms with van der Waals surface area (Å²) in [5, 5.41) is 4.45. The molecule has 1 aromatic carbocycles. The van der Waals surface area contributed by atoms with Crippen molar-refractivity contribution < 1.29 is 4.84 Å². The van der Waals surface area contributed by atoms with Crippen LogP contribution in [0.2, 0.25) is 0 Å². The Balaban J connectivity index is 1.44. The SMILES string of the molecule is CN1CCCc2cc(N3NOC4(CC5CCC4CC5)N3C)ccc21. The largest absolute Gasteiger partial charge is 0.374 e. The van der Waals surface area contributed by atoms with Gasteiger partial charge in [-0.15, -0.1) is 0 Å². The van der Waals surface area contributed by atoms with E-state index in [2.05, 4.69) is 52.9 Å². The van der Waals surface area contributed by atoms with E-state index in [0.717, 1.165) is 18.9 Å². The van der Waals surface area contributed by atoms with Gasteiger partial charge in [-0.2, -0.15) is 5.01 Å². The first-order valence-corrected chi connectivity index (χ1v) is 9.49. The molecule has 4 fully saturated rings. The number of nitrogens with one attached hydrogen (secondary N) is 1. The van der Waals surface area contributed by atoms with E-state index in [-0.39, 0.29) is 5.72 Å². The summed E-state index contributed by atoms with van der Waals surface area (Å²) in [5.74, 6) is 1.48. The highest BCUT2D eigenvalue weighted by atomic mass is 16.8. The van der Waals surface area contributed by atoms with E-state index >= 15 is 0 Å². The van der Waals surface area contributed by atoms with Gasteiger partial charge in [-0.25, -0.2) is 5.12 Å². The number of aryl methyl sites for hydroxylation is 1. The molecule has 0 amide bonds. The van der Waals surface area contributed by atoms with Crippen LogP contribution in [-0.4, -0.2) is 31.4 Å². The molecule has 2 heterocycles. The lowest BCUT2D eigenvalue weighted by atomic mass is 9.65. The molecule has 1 unspecified atom stereocenters. The normalized spacial score (nSPS) is 35.8. The van der Waals surface area contributed by atoms with Crippen molar-refractivity contribution in [2.75, 3.05) is 30.7 Å². The topological polar surface area (TPSA) is 31.0 Å². The molecular formula is C19H28N4O. The van der Waals surface area contributed by atoms with Crippen LogP contribution < -0.4 is 15.6 Å². The van der Waals surface area contributed by atoms with Gasteiger partial charge < -0.3 is 4.90 Å². The third kappa shape index (κ3) is 2.04. The van der Waals surface area contributed by atoms with E-state index in [1.807, 2.05) is 0 Å². The van der Waals surface area contributed by atoms with Crippen LogP contribution in [0, 0.1) is 11.8 Å². The minimum absolute atomic E-state index is 0.145. The molecule has 6 rings (SSSR count). The van der Waals surface area contributed by atoms with Crippen molar-refractivity contribution in [2.45, 2.75) is 50.7 Å². The van der Waals surface area contributed by atoms with Crippen LogP contribution in [0.15, 0.2) is 18.2 Å². The molecule has 1 aromatic rings. The fourth-order valence-corrected chi connectivity index (χ4v) is 5.47. The van der Waals surface area contributed by atoms with Crippen LogP contribution in [0.5, 0.6) is 0 Å². The highest BCUT2D eigenvalue weighted by Gasteiger charge is 2.56. The molecule has 5 heteroatoms. The first-order chi connectivity index (χ1) is 11.7. The molecule has 130 valence electrons. The molecule has 1 spiro atoms. The quantitative estimate of drug-likeness (QED) is 0.856. The molecule has 3 aliphatic carbocycles. The van der Waals surface area contributed by atoms with Crippen molar-refractivity contribution in [2.24, 2.45) is 11.8 Å². The lowest BCUT2D eigenvalue weighted by molar-refractivity contribution is -0.193. The average molecular weight is 328 g/mol. The van der Waals surface area contributed by atoms with Crippen LogP contribution in [0.1, 0.15) is 44.1 Å². The second kappa shape index (κ2) is 5.35. The van der Waals surface area contributed by atoms with Crippen molar-refractivity contribution in [1.29, 1.82) is 0 Å². The number of anilines is 2. The van der Waals surface area contributed by atoms with Crippen molar-refractivity contribution in [3.05, 3.63) is 23.8 Å². The van der Waals surface area contributed by atoms with Gasteiger partial charge in [-0.1, -0.05) is 5.59 Å². The maximum absolute atomic E-state index is 6.25. The van der Waals surface area contributed by atoms with E-state index in [1.165, 1.54) is 55.5 Å². The Labute approximate surface area is 144 Å². The second-order valence-electron chi connectivity index (χ2n) is 8.13. The van der Waals surface area contributed by atoms with Gasteiger partial charge in [0, 0.05) is 32.2 Å². The van der Waals surface area contributed by atoms with Crippen LogP contribution in [0.4, 0.5) is 11.4 Å². The number of nitrogens with zero attached hydrogens (tertiary/aromatic N) is 3. The van der Waals surface area contributed by atoms with E-state index in [9.17, 15) is 0 Å². The summed E-state index contributed by atoms with van der Waals surface area (Å²) < 4.78 is 0. The molecule has 0 aromatic heterocycles. The summed E-state index contributed by atoms with van der Waals surface area (Å²) in [4.78, 5) is 8.61. The summed E-state index contributed by atoms with van der Waals surface area (Å²) in [5.41, 5.74) is 7.09. The van der Waals surface area contributed by atoms with Crippen LogP contribution in [0.25, 0.3) is 0 Å². The van der Waals surface area contributed by atoms with E-state index in [1.54, 1.807) is 0 Å². The Bertz CT molecular complexity index is 642. The summed E-state index contributed by atoms with van der Waals surface area (Å²) in [7, 11) is 4.38. The summed E-state index contributed by atoms with van der Waals surface area (Å²) in [6.45, 7) is 1.16. The van der Waals surface area contributed by atoms with Gasteiger partial charge in [-0.05, 0) is 74.6 Å². The fraction of sp³-hybridized carbons (Fsp3) is 0.684. The standard InChI is InChI=1S/C19H28N4O/c1-21-11-3-4-15-12-17(9-10-18(15)21)23-20-24-19(22(23)2)13-14-5-7-16(19)8-6-14/h9-10,12,14,16,20H,3-8,11,13H2,1-2H3. The summed E-state index contributed by atoms with van der Waals surface area (Å²) in [6.07, 6.45) is 8.94. The highest BCUT2D eigenvalue weighted by Crippen LogP contribution is 2.52. The van der Waals surface area contributed by atoms with Gasteiger partial charge in [0.25, 0.3) is 0 Å². The fourth-order valence-electron chi connectivity index (χ4n) is 5.47. The predicted octanol–water partition coefficient (Wildman–Crippen LogP) is 3.08. The smallest absolute Gasteiger partial charge is 0.165 e. The maximum atomic E-state index is 6.25. The van der Waals surface area contributed by atoms with Crippen molar-refractivity contribution in [3.8, 4) is 0 Å². The van der Waals surface area contributed by atoms with E-state index < -0.39 is 0 Å². The molecule has 2 bridgehead atoms. The molecule has 2 aliphatic heterocycles. The zero-order chi connectivity index (χ0) is 16.3. The minimum atomic E-state index is -0.145. The first-order valence-electron chi connectivity index (χ1n) is 9.49. The molecular weight excluding hydrogens is 300 g/mol. The molecule has 3 saturated carbocycles. The Hall–Kier alpha value is -1.30. The molecule has 5 nitrogen and oxygen atoms in total. The zero-order valence-electron chi connectivity index (χ0n) is 14.8. The van der Waals surface area contributed by atoms with Crippen LogP contribution in [0.3, 0.4) is 0 Å². The first kappa shape index (κ1) is 15.0. The van der Waals surface area contributed by atoms with Crippen LogP contribution >= 0.6 is 0 Å². The third-order valence-electron chi connectivity index (χ3n) is 6.88. The second-order valence-corrected chi connectivity index (χ2v) is 8.13. The Morgan fingerprint density at radius 3 is 2.75 bits per heavy atom. The lowest BCUT2D eigenvalue weighted by Gasteiger charge is -2.50. The maximum Gasteiger partial charge on any atom is 0.165 e. The van der Waals surface area contributed by atoms with E-state index in [0.29, 0.717) is 5.92 Å². The predicted molar refractivity (Wildman–Crippen MR) is 95.3 cm³/mol. The third-order valence-corrected chi connectivity index (χ3v) is 6.88. The number of benzene rings is 1. The molecule has 5 aliphatic rings. The Morgan fingerprint density at radius 1 is 1.17 bits per heavy atom. The number of fused-ring (bicyclic) bond motifs is 3. The lowest BCUT2D eigenvalue weighted by Crippen LogP contribution is -2.58. The number of hydrogen-bond acceptors (Lipinski definition) is 5. The molecule has 1 N–H and O–H groups in total. The van der Waals surface area contributed by atoms with Gasteiger partial charge >= 0.3 is 0 Å². The molecule has 24 heavy (non-hydrogen) atoms. The molecule has 0 radical (unpaired) electrons. The number of hydrogen-bond donors (Lipinski definition) is 1. The Kier molecular flexibility index (Phi) is 3.34.